The topological polar surface area (TPSA) is 52.5 Å². The second-order valence-corrected chi connectivity index (χ2v) is 7.64. The minimum atomic E-state index is -0.196. The maximum Gasteiger partial charge on any atom is 0.0607 e. The van der Waals surface area contributed by atoms with Crippen LogP contribution in [0.2, 0.25) is 0 Å². The van der Waals surface area contributed by atoms with E-state index in [1.807, 2.05) is 0 Å². The summed E-state index contributed by atoms with van der Waals surface area (Å²) in [7, 11) is 0. The van der Waals surface area contributed by atoms with E-state index in [4.69, 9.17) is 0 Å². The molecule has 0 aliphatic heterocycles. The zero-order chi connectivity index (χ0) is 17.9. The number of benzene rings is 1. The first-order valence-corrected chi connectivity index (χ1v) is 10.3. The predicted octanol–water partition coefficient (Wildman–Crippen LogP) is 3.78. The quantitative estimate of drug-likeness (QED) is 0.422. The van der Waals surface area contributed by atoms with E-state index in [9.17, 15) is 10.2 Å². The van der Waals surface area contributed by atoms with E-state index in [1.54, 1.807) is 0 Å². The molecular weight excluding hydrogens is 310 g/mol. The number of hydrogen-bond donors (Lipinski definition) is 3. The molecule has 0 saturated heterocycles. The number of nitrogens with one attached hydrogen (secondary N) is 1. The van der Waals surface area contributed by atoms with Gasteiger partial charge in [0.25, 0.3) is 0 Å². The number of hydrogen-bond acceptors (Lipinski definition) is 3. The van der Waals surface area contributed by atoms with Crippen molar-refractivity contribution in [3.05, 3.63) is 34.9 Å². The molecule has 142 valence electrons. The Hall–Kier alpha value is -0.900. The van der Waals surface area contributed by atoms with Crippen LogP contribution in [0.3, 0.4) is 0 Å². The van der Waals surface area contributed by atoms with Crippen LogP contribution >= 0.6 is 0 Å². The van der Waals surface area contributed by atoms with Gasteiger partial charge in [-0.25, -0.2) is 0 Å². The van der Waals surface area contributed by atoms with Gasteiger partial charge in [0.15, 0.2) is 0 Å². The lowest BCUT2D eigenvalue weighted by atomic mass is 9.96. The van der Waals surface area contributed by atoms with E-state index in [2.05, 4.69) is 30.4 Å². The standard InChI is InChI=1S/C22H37NO2/c1-2-3-4-5-6-7-9-18-12-13-20-15-21(23-22(16-24)17-25)11-8-10-19(20)14-18/h12-14,21-25H,2-11,15-17H2,1H3. The van der Waals surface area contributed by atoms with Crippen LogP contribution in [0.1, 0.15) is 75.0 Å². The van der Waals surface area contributed by atoms with Crippen LogP contribution < -0.4 is 5.32 Å². The van der Waals surface area contributed by atoms with Crippen LogP contribution in [0.5, 0.6) is 0 Å². The van der Waals surface area contributed by atoms with E-state index in [0.29, 0.717) is 6.04 Å². The summed E-state index contributed by atoms with van der Waals surface area (Å²) in [4.78, 5) is 0. The lowest BCUT2D eigenvalue weighted by Gasteiger charge is -2.22. The molecule has 0 spiro atoms. The molecule has 0 amide bonds. The van der Waals surface area contributed by atoms with Gasteiger partial charge in [-0.2, -0.15) is 0 Å². The Kier molecular flexibility index (Phi) is 9.52. The van der Waals surface area contributed by atoms with E-state index in [1.165, 1.54) is 68.1 Å². The van der Waals surface area contributed by atoms with Crippen molar-refractivity contribution >= 4 is 0 Å². The van der Waals surface area contributed by atoms with Crippen molar-refractivity contribution in [2.45, 2.75) is 89.6 Å². The molecule has 0 fully saturated rings. The van der Waals surface area contributed by atoms with Crippen LogP contribution in [0.15, 0.2) is 18.2 Å². The zero-order valence-electron chi connectivity index (χ0n) is 16.0. The van der Waals surface area contributed by atoms with Gasteiger partial charge in [-0.1, -0.05) is 57.2 Å². The predicted molar refractivity (Wildman–Crippen MR) is 105 cm³/mol. The monoisotopic (exact) mass is 347 g/mol. The second-order valence-electron chi connectivity index (χ2n) is 7.64. The molecule has 0 heterocycles. The summed E-state index contributed by atoms with van der Waals surface area (Å²) in [5.41, 5.74) is 4.44. The molecular formula is C22H37NO2. The van der Waals surface area contributed by atoms with Crippen LogP contribution in [0.4, 0.5) is 0 Å². The fourth-order valence-electron chi connectivity index (χ4n) is 3.92. The van der Waals surface area contributed by atoms with Crippen LogP contribution in [0, 0.1) is 0 Å². The zero-order valence-corrected chi connectivity index (χ0v) is 16.0. The molecule has 0 aromatic heterocycles. The first-order valence-electron chi connectivity index (χ1n) is 10.3. The minimum Gasteiger partial charge on any atom is -0.395 e. The Morgan fingerprint density at radius 1 is 1.04 bits per heavy atom. The summed E-state index contributed by atoms with van der Waals surface area (Å²) in [6.07, 6.45) is 13.8. The third kappa shape index (κ3) is 7.08. The molecule has 1 aliphatic rings. The smallest absolute Gasteiger partial charge is 0.0607 e. The molecule has 25 heavy (non-hydrogen) atoms. The summed E-state index contributed by atoms with van der Waals surface area (Å²) in [6, 6.07) is 7.21. The van der Waals surface area contributed by atoms with Crippen LogP contribution in [0.25, 0.3) is 0 Å². The van der Waals surface area contributed by atoms with E-state index < -0.39 is 0 Å². The summed E-state index contributed by atoms with van der Waals surface area (Å²) in [6.45, 7) is 2.26. The maximum atomic E-state index is 9.29. The first kappa shape index (κ1) is 20.4. The van der Waals surface area contributed by atoms with Gasteiger partial charge in [0.1, 0.15) is 0 Å². The van der Waals surface area contributed by atoms with Crippen molar-refractivity contribution in [1.82, 2.24) is 5.32 Å². The minimum absolute atomic E-state index is 0.00293. The van der Waals surface area contributed by atoms with Crippen molar-refractivity contribution in [1.29, 1.82) is 0 Å². The lowest BCUT2D eigenvalue weighted by Crippen LogP contribution is -2.43. The molecule has 1 aromatic carbocycles. The molecule has 3 nitrogen and oxygen atoms in total. The first-order chi connectivity index (χ1) is 12.3. The van der Waals surface area contributed by atoms with Gasteiger partial charge in [-0.15, -0.1) is 0 Å². The van der Waals surface area contributed by atoms with Crippen LogP contribution in [-0.2, 0) is 19.3 Å². The van der Waals surface area contributed by atoms with Crippen LogP contribution in [-0.4, -0.2) is 35.5 Å². The molecule has 1 unspecified atom stereocenters. The van der Waals surface area contributed by atoms with Crippen molar-refractivity contribution < 1.29 is 10.2 Å². The number of aliphatic hydroxyl groups excluding tert-OH is 2. The molecule has 1 aromatic rings. The van der Waals surface area contributed by atoms with Gasteiger partial charge < -0.3 is 15.5 Å². The third-order valence-corrected chi connectivity index (χ3v) is 5.47. The Balaban J connectivity index is 1.84. The number of rotatable bonds is 11. The van der Waals surface area contributed by atoms with E-state index in [0.717, 1.165) is 19.3 Å². The maximum absolute atomic E-state index is 9.29. The number of aliphatic hydroxyl groups is 2. The SMILES string of the molecule is CCCCCCCCc1ccc2c(c1)CCCC(NC(CO)CO)C2. The molecule has 1 atom stereocenters. The van der Waals surface area contributed by atoms with E-state index >= 15 is 0 Å². The highest BCUT2D eigenvalue weighted by molar-refractivity contribution is 5.34. The fraction of sp³-hybridized carbons (Fsp3) is 0.727. The highest BCUT2D eigenvalue weighted by Crippen LogP contribution is 2.23. The highest BCUT2D eigenvalue weighted by Gasteiger charge is 2.19. The molecule has 1 aliphatic carbocycles. The Labute approximate surface area is 153 Å². The summed E-state index contributed by atoms with van der Waals surface area (Å²) < 4.78 is 0. The molecule has 0 bridgehead atoms. The summed E-state index contributed by atoms with van der Waals surface area (Å²) >= 11 is 0. The van der Waals surface area contributed by atoms with Gasteiger partial charge in [0.05, 0.1) is 19.3 Å². The van der Waals surface area contributed by atoms with E-state index in [-0.39, 0.29) is 19.3 Å². The number of unbranched alkanes of at least 4 members (excludes halogenated alkanes) is 5. The van der Waals surface area contributed by atoms with Crippen molar-refractivity contribution in [3.8, 4) is 0 Å². The summed E-state index contributed by atoms with van der Waals surface area (Å²) in [5.74, 6) is 0. The molecule has 0 radical (unpaired) electrons. The molecule has 3 heteroatoms. The van der Waals surface area contributed by atoms with Gasteiger partial charge in [0, 0.05) is 6.04 Å². The van der Waals surface area contributed by atoms with Gasteiger partial charge in [-0.3, -0.25) is 0 Å². The van der Waals surface area contributed by atoms with Gasteiger partial charge in [-0.05, 0) is 55.2 Å². The number of fused-ring (bicyclic) bond motifs is 1. The second kappa shape index (κ2) is 11.7. The summed E-state index contributed by atoms with van der Waals surface area (Å²) in [5, 5.41) is 22.0. The average Bonchev–Trinajstić information content (AvgIpc) is 2.83. The Morgan fingerprint density at radius 2 is 1.80 bits per heavy atom. The van der Waals surface area contributed by atoms with Crippen molar-refractivity contribution in [2.75, 3.05) is 13.2 Å². The Bertz CT molecular complexity index is 485. The van der Waals surface area contributed by atoms with Crippen molar-refractivity contribution in [3.63, 3.8) is 0 Å². The lowest BCUT2D eigenvalue weighted by molar-refractivity contribution is 0.160. The van der Waals surface area contributed by atoms with Gasteiger partial charge >= 0.3 is 0 Å². The molecule has 0 saturated carbocycles. The number of aryl methyl sites for hydroxylation is 2. The normalized spacial score (nSPS) is 17.5. The molecule has 3 N–H and O–H groups in total. The largest absolute Gasteiger partial charge is 0.395 e. The Morgan fingerprint density at radius 3 is 2.56 bits per heavy atom. The fourth-order valence-corrected chi connectivity index (χ4v) is 3.92. The van der Waals surface area contributed by atoms with Gasteiger partial charge in [0.2, 0.25) is 0 Å². The van der Waals surface area contributed by atoms with Crippen molar-refractivity contribution in [2.24, 2.45) is 0 Å². The highest BCUT2D eigenvalue weighted by atomic mass is 16.3. The molecule has 2 rings (SSSR count). The third-order valence-electron chi connectivity index (χ3n) is 5.47. The average molecular weight is 348 g/mol.